The molecule has 0 amide bonds. The lowest BCUT2D eigenvalue weighted by molar-refractivity contribution is 0.643. The zero-order valence-electron chi connectivity index (χ0n) is 8.47. The third-order valence-corrected chi connectivity index (χ3v) is 2.53. The van der Waals surface area contributed by atoms with E-state index in [9.17, 15) is 0 Å². The summed E-state index contributed by atoms with van der Waals surface area (Å²) in [5, 5.41) is 1.02. The van der Waals surface area contributed by atoms with E-state index >= 15 is 0 Å². The fourth-order valence-electron chi connectivity index (χ4n) is 0.992. The highest BCUT2D eigenvalue weighted by molar-refractivity contribution is 6.39. The van der Waals surface area contributed by atoms with Crippen molar-refractivity contribution >= 4 is 46.8 Å². The predicted molar refractivity (Wildman–Crippen MR) is 67.9 cm³/mol. The Morgan fingerprint density at radius 1 is 1.27 bits per heavy atom. The molecule has 0 aliphatic carbocycles. The van der Waals surface area contributed by atoms with Crippen LogP contribution in [0.2, 0.25) is 10.0 Å². The molecule has 0 fully saturated rings. The van der Waals surface area contributed by atoms with Crippen LogP contribution in [0.1, 0.15) is 5.56 Å². The van der Waals surface area contributed by atoms with E-state index in [-0.39, 0.29) is 0 Å². The average Bonchev–Trinajstić information content (AvgIpc) is 2.15. The van der Waals surface area contributed by atoms with E-state index in [2.05, 4.69) is 4.99 Å². The lowest BCUT2D eigenvalue weighted by Crippen LogP contribution is -2.07. The zero-order valence-corrected chi connectivity index (χ0v) is 10.7. The van der Waals surface area contributed by atoms with Crippen LogP contribution in [0.15, 0.2) is 17.1 Å². The highest BCUT2D eigenvalue weighted by atomic mass is 35.5. The SMILES string of the molecule is CN(C)/C=N/c1c(Cl)cc(CCl)cc1Cl. The molecule has 0 N–H and O–H groups in total. The van der Waals surface area contributed by atoms with Gasteiger partial charge in [0, 0.05) is 20.0 Å². The maximum absolute atomic E-state index is 6.02. The minimum atomic E-state index is 0.386. The van der Waals surface area contributed by atoms with Gasteiger partial charge in [-0.15, -0.1) is 11.6 Å². The van der Waals surface area contributed by atoms with Crippen molar-refractivity contribution in [1.29, 1.82) is 0 Å². The molecule has 1 rings (SSSR count). The van der Waals surface area contributed by atoms with Crippen molar-refractivity contribution in [3.05, 3.63) is 27.7 Å². The highest BCUT2D eigenvalue weighted by Gasteiger charge is 2.06. The summed E-state index contributed by atoms with van der Waals surface area (Å²) in [7, 11) is 3.75. The fraction of sp³-hybridized carbons (Fsp3) is 0.300. The van der Waals surface area contributed by atoms with Gasteiger partial charge in [-0.25, -0.2) is 4.99 Å². The van der Waals surface area contributed by atoms with Crippen LogP contribution >= 0.6 is 34.8 Å². The largest absolute Gasteiger partial charge is 0.369 e. The molecule has 0 aliphatic rings. The van der Waals surface area contributed by atoms with Crippen molar-refractivity contribution in [1.82, 2.24) is 4.90 Å². The van der Waals surface area contributed by atoms with Gasteiger partial charge in [0.1, 0.15) is 5.69 Å². The normalized spacial score (nSPS) is 11.0. The maximum Gasteiger partial charge on any atom is 0.102 e. The van der Waals surface area contributed by atoms with Gasteiger partial charge < -0.3 is 4.90 Å². The van der Waals surface area contributed by atoms with E-state index in [0.717, 1.165) is 5.56 Å². The number of hydrogen-bond donors (Lipinski definition) is 0. The van der Waals surface area contributed by atoms with E-state index in [0.29, 0.717) is 21.6 Å². The van der Waals surface area contributed by atoms with Crippen molar-refractivity contribution in [2.45, 2.75) is 5.88 Å². The lowest BCUT2D eigenvalue weighted by atomic mass is 10.2. The van der Waals surface area contributed by atoms with E-state index in [1.165, 1.54) is 0 Å². The summed E-state index contributed by atoms with van der Waals surface area (Å²) in [5.74, 6) is 0.386. The Morgan fingerprint density at radius 2 is 1.80 bits per heavy atom. The molecule has 0 bridgehead atoms. The molecule has 0 saturated carbocycles. The first-order valence-corrected chi connectivity index (χ1v) is 5.58. The summed E-state index contributed by atoms with van der Waals surface area (Å²) in [6.07, 6.45) is 1.65. The Labute approximate surface area is 104 Å². The molecule has 1 aromatic rings. The zero-order chi connectivity index (χ0) is 11.4. The summed E-state index contributed by atoms with van der Waals surface area (Å²) in [5.41, 5.74) is 1.45. The molecule has 0 spiro atoms. The standard InChI is InChI=1S/C10H11Cl3N2/c1-15(2)6-14-10-8(12)3-7(5-11)4-9(10)13/h3-4,6H,5H2,1-2H3/b14-6+. The quantitative estimate of drug-likeness (QED) is 0.459. The van der Waals surface area contributed by atoms with Crippen molar-refractivity contribution in [2.24, 2.45) is 4.99 Å². The van der Waals surface area contributed by atoms with E-state index in [1.807, 2.05) is 19.0 Å². The van der Waals surface area contributed by atoms with Crippen LogP contribution in [-0.2, 0) is 5.88 Å². The molecular formula is C10H11Cl3N2. The Morgan fingerprint density at radius 3 is 2.20 bits per heavy atom. The Bertz CT molecular complexity index is 352. The molecule has 0 heterocycles. The van der Waals surface area contributed by atoms with Gasteiger partial charge in [-0.05, 0) is 17.7 Å². The van der Waals surface area contributed by atoms with Crippen LogP contribution in [-0.4, -0.2) is 25.3 Å². The minimum absolute atomic E-state index is 0.386. The van der Waals surface area contributed by atoms with E-state index in [1.54, 1.807) is 18.5 Å². The van der Waals surface area contributed by atoms with Gasteiger partial charge in [-0.2, -0.15) is 0 Å². The summed E-state index contributed by atoms with van der Waals surface area (Å²) in [6.45, 7) is 0. The first kappa shape index (κ1) is 12.6. The van der Waals surface area contributed by atoms with E-state index < -0.39 is 0 Å². The molecule has 0 unspecified atom stereocenters. The third kappa shape index (κ3) is 3.56. The molecule has 15 heavy (non-hydrogen) atoms. The molecule has 0 saturated heterocycles. The van der Waals surface area contributed by atoms with Crippen LogP contribution in [0, 0.1) is 0 Å². The summed E-state index contributed by atoms with van der Waals surface area (Å²) >= 11 is 17.7. The van der Waals surface area contributed by atoms with Gasteiger partial charge in [0.2, 0.25) is 0 Å². The van der Waals surface area contributed by atoms with Crippen molar-refractivity contribution in [3.8, 4) is 0 Å². The molecule has 1 aromatic carbocycles. The summed E-state index contributed by atoms with van der Waals surface area (Å²) in [6, 6.07) is 3.53. The smallest absolute Gasteiger partial charge is 0.102 e. The second-order valence-electron chi connectivity index (χ2n) is 3.25. The van der Waals surface area contributed by atoms with Gasteiger partial charge in [-0.3, -0.25) is 0 Å². The summed E-state index contributed by atoms with van der Waals surface area (Å²) in [4.78, 5) is 5.98. The van der Waals surface area contributed by atoms with Crippen molar-refractivity contribution in [2.75, 3.05) is 14.1 Å². The molecule has 0 atom stereocenters. The molecule has 82 valence electrons. The first-order valence-electron chi connectivity index (χ1n) is 4.29. The summed E-state index contributed by atoms with van der Waals surface area (Å²) < 4.78 is 0. The first-order chi connectivity index (χ1) is 7.04. The Balaban J connectivity index is 3.08. The van der Waals surface area contributed by atoms with Crippen LogP contribution in [0.5, 0.6) is 0 Å². The Hall–Kier alpha value is -0.440. The topological polar surface area (TPSA) is 15.6 Å². The molecule has 0 aromatic heterocycles. The molecule has 0 aliphatic heterocycles. The van der Waals surface area contributed by atoms with Crippen LogP contribution < -0.4 is 0 Å². The number of nitrogens with zero attached hydrogens (tertiary/aromatic N) is 2. The average molecular weight is 266 g/mol. The molecule has 2 nitrogen and oxygen atoms in total. The number of halogens is 3. The molecular weight excluding hydrogens is 254 g/mol. The number of rotatable bonds is 3. The monoisotopic (exact) mass is 264 g/mol. The van der Waals surface area contributed by atoms with Gasteiger partial charge in [0.05, 0.1) is 16.4 Å². The number of benzene rings is 1. The number of hydrogen-bond acceptors (Lipinski definition) is 1. The minimum Gasteiger partial charge on any atom is -0.369 e. The number of aliphatic imine (C=N–C) groups is 1. The van der Waals surface area contributed by atoms with Crippen LogP contribution in [0.3, 0.4) is 0 Å². The third-order valence-electron chi connectivity index (χ3n) is 1.65. The van der Waals surface area contributed by atoms with Gasteiger partial charge >= 0.3 is 0 Å². The second kappa shape index (κ2) is 5.59. The fourth-order valence-corrected chi connectivity index (χ4v) is 1.78. The highest BCUT2D eigenvalue weighted by Crippen LogP contribution is 2.34. The maximum atomic E-state index is 6.02. The second-order valence-corrected chi connectivity index (χ2v) is 4.33. The molecule has 0 radical (unpaired) electrons. The Kier molecular flexibility index (Phi) is 4.71. The van der Waals surface area contributed by atoms with Gasteiger partial charge in [-0.1, -0.05) is 23.2 Å². The van der Waals surface area contributed by atoms with Crippen LogP contribution in [0.25, 0.3) is 0 Å². The predicted octanol–water partition coefficient (Wildman–Crippen LogP) is 3.95. The van der Waals surface area contributed by atoms with E-state index in [4.69, 9.17) is 34.8 Å². The van der Waals surface area contributed by atoms with Crippen molar-refractivity contribution in [3.63, 3.8) is 0 Å². The van der Waals surface area contributed by atoms with Crippen LogP contribution in [0.4, 0.5) is 5.69 Å². The number of alkyl halides is 1. The van der Waals surface area contributed by atoms with Gasteiger partial charge in [0.25, 0.3) is 0 Å². The lowest BCUT2D eigenvalue weighted by Gasteiger charge is -2.06. The van der Waals surface area contributed by atoms with Crippen molar-refractivity contribution < 1.29 is 0 Å². The van der Waals surface area contributed by atoms with Gasteiger partial charge in [0.15, 0.2) is 0 Å². The molecule has 5 heteroatoms.